The van der Waals surface area contributed by atoms with Crippen molar-refractivity contribution >= 4 is 40.7 Å². The highest BCUT2D eigenvalue weighted by atomic mass is 35.5. The van der Waals surface area contributed by atoms with E-state index in [0.717, 1.165) is 5.56 Å². The fourth-order valence-electron chi connectivity index (χ4n) is 6.10. The molecule has 1 saturated heterocycles. The number of nitrogens with one attached hydrogen (secondary N) is 1. The summed E-state index contributed by atoms with van der Waals surface area (Å²) in [6.07, 6.45) is -5.64. The van der Waals surface area contributed by atoms with Gasteiger partial charge in [-0.3, -0.25) is 14.4 Å². The Kier molecular flexibility index (Phi) is 11.7. The average molecular weight is 710 g/mol. The van der Waals surface area contributed by atoms with Crippen LogP contribution in [0.3, 0.4) is 0 Å². The van der Waals surface area contributed by atoms with Crippen LogP contribution in [-0.2, 0) is 37.8 Å². The molecule has 0 aromatic heterocycles. The number of hydrogen-bond donors (Lipinski definition) is 7. The normalized spacial score (nSPS) is 25.4. The van der Waals surface area contributed by atoms with E-state index in [-0.39, 0.29) is 37.7 Å². The quantitative estimate of drug-likeness (QED) is 0.135. The average Bonchev–Trinajstić information content (AvgIpc) is 3.31. The second-order valence-electron chi connectivity index (χ2n) is 12.4. The van der Waals surface area contributed by atoms with Crippen molar-refractivity contribution < 1.29 is 49.8 Å². The molecule has 3 amide bonds. The molecule has 2 heterocycles. The maximum absolute atomic E-state index is 14.0. The molecule has 5 rings (SSSR count). The maximum atomic E-state index is 14.0. The van der Waals surface area contributed by atoms with Crippen LogP contribution in [0.2, 0.25) is 5.02 Å². The van der Waals surface area contributed by atoms with Gasteiger partial charge in [0, 0.05) is 41.7 Å². The Morgan fingerprint density at radius 3 is 2.38 bits per heavy atom. The number of aliphatic hydroxyl groups is 6. The summed E-state index contributed by atoms with van der Waals surface area (Å²) in [6.45, 7) is 2.02. The van der Waals surface area contributed by atoms with Crippen LogP contribution in [-0.4, -0.2) is 97.1 Å². The number of anilines is 2. The van der Waals surface area contributed by atoms with Crippen LogP contribution in [0.4, 0.5) is 11.4 Å². The van der Waals surface area contributed by atoms with E-state index in [1.54, 1.807) is 66.4 Å². The van der Waals surface area contributed by atoms with E-state index in [9.17, 15) is 45.0 Å². The van der Waals surface area contributed by atoms with E-state index in [4.69, 9.17) is 16.3 Å². The first-order valence-electron chi connectivity index (χ1n) is 16.1. The molecule has 14 heteroatoms. The fourth-order valence-corrected chi connectivity index (χ4v) is 6.27. The van der Waals surface area contributed by atoms with E-state index in [2.05, 4.69) is 5.32 Å². The molecule has 1 fully saturated rings. The third kappa shape index (κ3) is 7.75. The Bertz CT molecular complexity index is 1710. The number of amides is 3. The lowest BCUT2D eigenvalue weighted by molar-refractivity contribution is -0.274. The third-order valence-corrected chi connectivity index (χ3v) is 9.19. The molecule has 7 N–H and O–H groups in total. The highest BCUT2D eigenvalue weighted by Gasteiger charge is 2.52. The highest BCUT2D eigenvalue weighted by molar-refractivity contribution is 6.31. The summed E-state index contributed by atoms with van der Waals surface area (Å²) in [6, 6.07) is 20.6. The van der Waals surface area contributed by atoms with Crippen molar-refractivity contribution in [2.24, 2.45) is 5.92 Å². The van der Waals surface area contributed by atoms with Gasteiger partial charge in [-0.2, -0.15) is 0 Å². The Labute approximate surface area is 293 Å². The third-order valence-electron chi connectivity index (χ3n) is 8.96. The molecule has 0 spiro atoms. The molecule has 0 saturated carbocycles. The molecule has 2 aliphatic rings. The van der Waals surface area contributed by atoms with Crippen molar-refractivity contribution in [1.82, 2.24) is 4.90 Å². The van der Waals surface area contributed by atoms with Gasteiger partial charge in [0.25, 0.3) is 11.8 Å². The van der Waals surface area contributed by atoms with Gasteiger partial charge in [0.1, 0.15) is 18.3 Å². The molecule has 0 aliphatic carbocycles. The number of benzene rings is 3. The summed E-state index contributed by atoms with van der Waals surface area (Å²) < 4.78 is 4.97. The molecule has 13 nitrogen and oxygen atoms in total. The zero-order valence-corrected chi connectivity index (χ0v) is 27.9. The molecule has 0 radical (unpaired) electrons. The molecule has 2 aliphatic heterocycles. The predicted molar refractivity (Wildman–Crippen MR) is 182 cm³/mol. The molecular formula is C36H40ClN3O10. The number of fused-ring (bicyclic) bond motifs is 1. The number of hydrogen-bond acceptors (Lipinski definition) is 10. The zero-order chi connectivity index (χ0) is 36.2. The number of nitrogens with zero attached hydrogens (tertiary/aromatic N) is 2. The Balaban J connectivity index is 1.27. The van der Waals surface area contributed by atoms with E-state index in [1.807, 2.05) is 30.3 Å². The molecule has 7 atom stereocenters. The standard InChI is InChI=1S/C36H40ClN3O10/c1-21(6-5-9-28(42)39(16-17-41)19-22-7-3-2-4-8-22)36(49)26-18-24(37)12-15-27(26)40(35(36)48)20-23-10-13-25(14-11-23)38-33(46)32-30(44)29(43)31(45)34(47)50-32/h2-8,10-15,18,21,29-32,34,41,43-45,47,49H,9,16-17,19-20H2,1H3,(H,38,46)/b6-5+/t21-,29-,30-,31+,32-,34+,36+/m0/s1. The van der Waals surface area contributed by atoms with Gasteiger partial charge >= 0.3 is 0 Å². The smallest absolute Gasteiger partial charge is 0.264 e. The minimum Gasteiger partial charge on any atom is -0.395 e. The number of carbonyl (C=O) groups excluding carboxylic acids is 3. The van der Waals surface area contributed by atoms with Crippen molar-refractivity contribution in [3.63, 3.8) is 0 Å². The number of halogens is 1. The molecular weight excluding hydrogens is 670 g/mol. The first kappa shape index (κ1) is 37.1. The van der Waals surface area contributed by atoms with Crippen LogP contribution >= 0.6 is 11.6 Å². The number of rotatable bonds is 12. The molecule has 0 bridgehead atoms. The summed E-state index contributed by atoms with van der Waals surface area (Å²) in [5, 5.41) is 63.8. The van der Waals surface area contributed by atoms with Gasteiger partial charge in [-0.1, -0.05) is 73.1 Å². The van der Waals surface area contributed by atoms with Crippen molar-refractivity contribution in [1.29, 1.82) is 0 Å². The lowest BCUT2D eigenvalue weighted by atomic mass is 9.83. The van der Waals surface area contributed by atoms with E-state index < -0.39 is 54.0 Å². The van der Waals surface area contributed by atoms with Crippen LogP contribution in [0, 0.1) is 5.92 Å². The first-order valence-corrected chi connectivity index (χ1v) is 16.4. The minimum atomic E-state index is -1.99. The first-order chi connectivity index (χ1) is 23.8. The highest BCUT2D eigenvalue weighted by Crippen LogP contribution is 2.46. The van der Waals surface area contributed by atoms with Crippen molar-refractivity contribution in [2.45, 2.75) is 62.7 Å². The Morgan fingerprint density at radius 1 is 1.00 bits per heavy atom. The molecule has 3 aromatic rings. The molecule has 3 aromatic carbocycles. The van der Waals surface area contributed by atoms with Gasteiger partial charge < -0.3 is 50.5 Å². The number of ether oxygens (including phenoxy) is 1. The van der Waals surface area contributed by atoms with Crippen LogP contribution < -0.4 is 10.2 Å². The fraction of sp³-hybridized carbons (Fsp3) is 0.361. The van der Waals surface area contributed by atoms with Crippen molar-refractivity contribution in [2.75, 3.05) is 23.4 Å². The summed E-state index contributed by atoms with van der Waals surface area (Å²) in [5.41, 5.74) is 0.620. The second-order valence-corrected chi connectivity index (χ2v) is 12.8. The van der Waals surface area contributed by atoms with Crippen LogP contribution in [0.25, 0.3) is 0 Å². The largest absolute Gasteiger partial charge is 0.395 e. The molecule has 0 unspecified atom stereocenters. The van der Waals surface area contributed by atoms with Crippen LogP contribution in [0.15, 0.2) is 84.9 Å². The monoisotopic (exact) mass is 709 g/mol. The van der Waals surface area contributed by atoms with Crippen LogP contribution in [0.5, 0.6) is 0 Å². The SMILES string of the molecule is C[C@@H](/C=C/CC(=O)N(CCO)Cc1ccccc1)[C@]1(O)C(=O)N(Cc2ccc(NC(=O)[C@H]3O[C@@H](O)[C@H](O)[C@@H](O)[C@@H]3O)cc2)c2ccc(Cl)cc21. The van der Waals surface area contributed by atoms with E-state index in [0.29, 0.717) is 28.4 Å². The Morgan fingerprint density at radius 2 is 1.70 bits per heavy atom. The van der Waals surface area contributed by atoms with Gasteiger partial charge in [0.15, 0.2) is 18.0 Å². The summed E-state index contributed by atoms with van der Waals surface area (Å²) in [7, 11) is 0. The minimum absolute atomic E-state index is 0.00853. The van der Waals surface area contributed by atoms with E-state index >= 15 is 0 Å². The zero-order valence-electron chi connectivity index (χ0n) is 27.2. The van der Waals surface area contributed by atoms with Gasteiger partial charge in [-0.15, -0.1) is 0 Å². The number of carbonyl (C=O) groups is 3. The number of aliphatic hydroxyl groups excluding tert-OH is 5. The van der Waals surface area contributed by atoms with Crippen molar-refractivity contribution in [3.05, 3.63) is 107 Å². The van der Waals surface area contributed by atoms with Crippen LogP contribution in [0.1, 0.15) is 30.0 Å². The molecule has 50 heavy (non-hydrogen) atoms. The van der Waals surface area contributed by atoms with Gasteiger partial charge in [-0.25, -0.2) is 0 Å². The lowest BCUT2D eigenvalue weighted by Crippen LogP contribution is -2.60. The summed E-state index contributed by atoms with van der Waals surface area (Å²) >= 11 is 6.31. The second kappa shape index (κ2) is 15.8. The van der Waals surface area contributed by atoms with Gasteiger partial charge in [-0.05, 0) is 41.5 Å². The topological polar surface area (TPSA) is 200 Å². The lowest BCUT2D eigenvalue weighted by Gasteiger charge is -2.37. The Hall–Kier alpha value is -4.18. The van der Waals surface area contributed by atoms with Gasteiger partial charge in [0.05, 0.1) is 18.8 Å². The van der Waals surface area contributed by atoms with Crippen molar-refractivity contribution in [3.8, 4) is 0 Å². The molecule has 266 valence electrons. The summed E-state index contributed by atoms with van der Waals surface area (Å²) in [4.78, 5) is 42.7. The predicted octanol–water partition coefficient (Wildman–Crippen LogP) is 1.42. The van der Waals surface area contributed by atoms with Gasteiger partial charge in [0.2, 0.25) is 5.91 Å². The van der Waals surface area contributed by atoms with E-state index in [1.165, 1.54) is 4.90 Å². The summed E-state index contributed by atoms with van der Waals surface area (Å²) in [5.74, 6) is -2.44. The maximum Gasteiger partial charge on any atom is 0.264 e.